The largest absolute Gasteiger partial charge is 0.396 e. The monoisotopic (exact) mass is 221 g/mol. The molecule has 0 rings (SSSR count). The lowest BCUT2D eigenvalue weighted by molar-refractivity contribution is 0.0134. The van der Waals surface area contributed by atoms with Crippen LogP contribution in [0.1, 0.15) is 33.1 Å². The number of aliphatic hydroxyl groups excluding tert-OH is 2. The summed E-state index contributed by atoms with van der Waals surface area (Å²) < 4.78 is 11.9. The number of hydrogen-bond acceptors (Lipinski definition) is 4. The molecule has 83 valence electrons. The number of rotatable bonds is 9. The summed E-state index contributed by atoms with van der Waals surface area (Å²) in [5.41, 5.74) is -0.314. The molecular formula is C9H20BO3S. The molecule has 0 saturated carbocycles. The normalized spacial score (nSPS) is 15.0. The molecule has 0 aromatic heterocycles. The highest BCUT2D eigenvalue weighted by molar-refractivity contribution is 8.15. The van der Waals surface area contributed by atoms with Gasteiger partial charge >= 0.3 is 0 Å². The van der Waals surface area contributed by atoms with Gasteiger partial charge in [-0.3, -0.25) is 0 Å². The summed E-state index contributed by atoms with van der Waals surface area (Å²) in [6.07, 6.45) is 1.78. The van der Waals surface area contributed by atoms with E-state index in [0.717, 1.165) is 31.8 Å². The van der Waals surface area contributed by atoms with Crippen molar-refractivity contribution in [2.45, 2.75) is 39.2 Å². The Labute approximate surface area is 93.1 Å². The summed E-state index contributed by atoms with van der Waals surface area (Å²) in [6, 6.07) is 0. The van der Waals surface area contributed by atoms with Gasteiger partial charge in [-0.05, 0) is 20.6 Å². The molecule has 0 saturated heterocycles. The van der Waals surface area contributed by atoms with Crippen LogP contribution in [0.3, 0.4) is 0 Å². The molecule has 5 heteroatoms. The molecule has 0 aromatic carbocycles. The lowest BCUT2D eigenvalue weighted by atomic mass is 9.85. The highest BCUT2D eigenvalue weighted by atomic mass is 32.2. The van der Waals surface area contributed by atoms with Gasteiger partial charge in [-0.25, -0.2) is 0 Å². The molecule has 0 aliphatic carbocycles. The Morgan fingerprint density at radius 1 is 1.57 bits per heavy atom. The van der Waals surface area contributed by atoms with Gasteiger partial charge in [0.05, 0.1) is 12.7 Å². The van der Waals surface area contributed by atoms with Gasteiger partial charge in [0.25, 0.3) is 0 Å². The molecule has 0 bridgehead atoms. The maximum atomic E-state index is 9.87. The smallest absolute Gasteiger partial charge is 0.209 e. The Morgan fingerprint density at radius 3 is 2.86 bits per heavy atom. The van der Waals surface area contributed by atoms with E-state index in [-0.39, 0.29) is 12.0 Å². The van der Waals surface area contributed by atoms with E-state index in [9.17, 15) is 5.11 Å². The molecule has 0 aliphatic heterocycles. The standard InChI is InChI=1S/C9H20BO3S/c1-9(2,7-13-14-10)8(12)5-3-4-6-11/h8,10-12H,3-7H2,1-2H3/i10T. The highest BCUT2D eigenvalue weighted by Gasteiger charge is 2.27. The fraction of sp³-hybridized carbons (Fsp3) is 1.00. The molecular weight excluding hydrogens is 199 g/mol. The van der Waals surface area contributed by atoms with Crippen LogP contribution in [0.2, 0.25) is 0 Å². The Kier molecular flexibility index (Phi) is 6.68. The van der Waals surface area contributed by atoms with Gasteiger partial charge in [-0.2, -0.15) is 0 Å². The number of aliphatic hydroxyl groups is 2. The van der Waals surface area contributed by atoms with E-state index < -0.39 is 6.10 Å². The maximum absolute atomic E-state index is 9.87. The quantitative estimate of drug-likeness (QED) is 0.346. The lowest BCUT2D eigenvalue weighted by Gasteiger charge is -2.29. The molecule has 0 amide bonds. The first-order chi connectivity index (χ1) is 7.04. The molecule has 0 spiro atoms. The van der Waals surface area contributed by atoms with E-state index in [2.05, 4.69) is 0 Å². The van der Waals surface area contributed by atoms with Crippen molar-refractivity contribution in [1.29, 1.82) is 1.34 Å². The van der Waals surface area contributed by atoms with E-state index in [0.29, 0.717) is 13.0 Å². The van der Waals surface area contributed by atoms with Crippen molar-refractivity contribution in [2.75, 3.05) is 13.2 Å². The Balaban J connectivity index is 3.74. The van der Waals surface area contributed by atoms with E-state index in [4.69, 9.17) is 10.6 Å². The van der Waals surface area contributed by atoms with Crippen LogP contribution in [0.4, 0.5) is 0 Å². The first-order valence-corrected chi connectivity index (χ1v) is 5.62. The second-order valence-corrected chi connectivity index (χ2v) is 4.51. The summed E-state index contributed by atoms with van der Waals surface area (Å²) in [5.74, 6) is 0. The zero-order chi connectivity index (χ0) is 11.7. The van der Waals surface area contributed by atoms with E-state index in [1.807, 2.05) is 13.8 Å². The van der Waals surface area contributed by atoms with Crippen LogP contribution in [0, 0.1) is 5.41 Å². The number of unbranched alkanes of at least 4 members (excludes halogenated alkanes) is 1. The van der Waals surface area contributed by atoms with Gasteiger partial charge in [0.1, 0.15) is 0 Å². The van der Waals surface area contributed by atoms with Crippen molar-refractivity contribution in [3.05, 3.63) is 0 Å². The van der Waals surface area contributed by atoms with Crippen LogP contribution in [-0.2, 0) is 4.18 Å². The Morgan fingerprint density at radius 2 is 2.29 bits per heavy atom. The van der Waals surface area contributed by atoms with Crippen LogP contribution in [0.5, 0.6) is 0 Å². The minimum absolute atomic E-state index is 0.174. The van der Waals surface area contributed by atoms with Gasteiger partial charge in [-0.1, -0.05) is 25.7 Å². The first kappa shape index (κ1) is 12.4. The van der Waals surface area contributed by atoms with Crippen molar-refractivity contribution in [3.63, 3.8) is 0 Å². The van der Waals surface area contributed by atoms with E-state index in [1.165, 1.54) is 0 Å². The minimum atomic E-state index is -0.435. The molecule has 0 fully saturated rings. The van der Waals surface area contributed by atoms with E-state index >= 15 is 0 Å². The van der Waals surface area contributed by atoms with Gasteiger partial charge in [0.2, 0.25) is 7.09 Å². The molecule has 1 atom stereocenters. The van der Waals surface area contributed by atoms with Gasteiger partial charge in [0.15, 0.2) is 0 Å². The number of hydrogen-bond donors (Lipinski definition) is 2. The molecule has 1 unspecified atom stereocenters. The van der Waals surface area contributed by atoms with Crippen molar-refractivity contribution in [3.8, 4) is 0 Å². The molecule has 0 aliphatic rings. The van der Waals surface area contributed by atoms with Crippen molar-refractivity contribution in [2.24, 2.45) is 5.41 Å². The topological polar surface area (TPSA) is 49.7 Å². The van der Waals surface area contributed by atoms with Crippen LogP contribution < -0.4 is 0 Å². The maximum Gasteiger partial charge on any atom is 0.209 e. The molecule has 1 radical (unpaired) electrons. The van der Waals surface area contributed by atoms with Crippen LogP contribution in [-0.4, -0.2) is 38.0 Å². The molecule has 3 nitrogen and oxygen atoms in total. The van der Waals surface area contributed by atoms with Crippen LogP contribution in [0.25, 0.3) is 0 Å². The SMILES string of the molecule is [3H][B]SOCC(C)(C)C(O)CCCCO. The summed E-state index contributed by atoms with van der Waals surface area (Å²) in [6.45, 7) is 4.45. The zero-order valence-electron chi connectivity index (χ0n) is 9.90. The third kappa shape index (κ3) is 5.91. The molecule has 0 heterocycles. The predicted octanol–water partition coefficient (Wildman–Crippen LogP) is 1.02. The molecule has 14 heavy (non-hydrogen) atoms. The lowest BCUT2D eigenvalue weighted by Crippen LogP contribution is -2.33. The van der Waals surface area contributed by atoms with E-state index in [1.54, 1.807) is 0 Å². The van der Waals surface area contributed by atoms with Crippen molar-refractivity contribution in [1.82, 2.24) is 0 Å². The zero-order valence-corrected chi connectivity index (χ0v) is 9.72. The third-order valence-electron chi connectivity index (χ3n) is 2.29. The van der Waals surface area contributed by atoms with Crippen molar-refractivity contribution < 1.29 is 14.4 Å². The van der Waals surface area contributed by atoms with Crippen LogP contribution in [0.15, 0.2) is 0 Å². The van der Waals surface area contributed by atoms with Crippen molar-refractivity contribution >= 4 is 19.0 Å². The fourth-order valence-corrected chi connectivity index (χ4v) is 1.49. The minimum Gasteiger partial charge on any atom is -0.396 e. The second kappa shape index (κ2) is 7.57. The average Bonchev–Trinajstić information content (AvgIpc) is 2.18. The average molecular weight is 221 g/mol. The first-order valence-electron chi connectivity index (χ1n) is 5.39. The second-order valence-electron chi connectivity index (χ2n) is 4.08. The Hall–Kier alpha value is 0.295. The molecule has 0 aromatic rings. The van der Waals surface area contributed by atoms with Gasteiger partial charge in [0, 0.05) is 12.0 Å². The van der Waals surface area contributed by atoms with Gasteiger partial charge < -0.3 is 14.4 Å². The predicted molar refractivity (Wildman–Crippen MR) is 61.4 cm³/mol. The highest BCUT2D eigenvalue weighted by Crippen LogP contribution is 2.25. The fourth-order valence-electron chi connectivity index (χ4n) is 1.12. The summed E-state index contributed by atoms with van der Waals surface area (Å²) in [4.78, 5) is 0. The summed E-state index contributed by atoms with van der Waals surface area (Å²) >= 11 is 0.971. The Bertz CT molecular complexity index is 160. The molecule has 2 N–H and O–H groups in total. The van der Waals surface area contributed by atoms with Crippen LogP contribution >= 0.6 is 11.9 Å². The summed E-state index contributed by atoms with van der Waals surface area (Å²) in [5, 5.41) is 18.5. The van der Waals surface area contributed by atoms with Gasteiger partial charge in [-0.15, -0.1) is 0 Å². The third-order valence-corrected chi connectivity index (χ3v) is 2.54. The summed E-state index contributed by atoms with van der Waals surface area (Å²) in [7, 11) is 1.12.